The van der Waals surface area contributed by atoms with Crippen molar-refractivity contribution in [3.63, 3.8) is 0 Å². The van der Waals surface area contributed by atoms with Gasteiger partial charge >= 0.3 is 0 Å². The third kappa shape index (κ3) is 4.90. The van der Waals surface area contributed by atoms with Gasteiger partial charge in [-0.1, -0.05) is 23.7 Å². The minimum atomic E-state index is 0.797. The normalized spacial score (nSPS) is 19.7. The van der Waals surface area contributed by atoms with Crippen LogP contribution in [0.15, 0.2) is 24.3 Å². The van der Waals surface area contributed by atoms with Gasteiger partial charge in [-0.15, -0.1) is 0 Å². The molecule has 0 aliphatic carbocycles. The molecular weight excluding hydrogens is 250 g/mol. The van der Waals surface area contributed by atoms with Crippen molar-refractivity contribution >= 4 is 23.4 Å². The molecule has 0 spiro atoms. The molecule has 1 saturated heterocycles. The molecule has 0 amide bonds. The molecule has 1 aliphatic heterocycles. The first-order chi connectivity index (χ1) is 8.34. The summed E-state index contributed by atoms with van der Waals surface area (Å²) in [6.07, 6.45) is 5.41. The van der Waals surface area contributed by atoms with Crippen molar-refractivity contribution in [1.82, 2.24) is 5.32 Å². The van der Waals surface area contributed by atoms with E-state index in [9.17, 15) is 0 Å². The average Bonchev–Trinajstić information content (AvgIpc) is 2.84. The highest BCUT2D eigenvalue weighted by Gasteiger charge is 2.12. The van der Waals surface area contributed by atoms with E-state index in [-0.39, 0.29) is 0 Å². The van der Waals surface area contributed by atoms with Crippen molar-refractivity contribution < 1.29 is 0 Å². The Labute approximate surface area is 113 Å². The maximum Gasteiger partial charge on any atom is 0.0406 e. The second kappa shape index (κ2) is 7.30. The molecule has 3 heteroatoms. The molecule has 1 aliphatic rings. The Hall–Kier alpha value is -0.180. The molecule has 1 nitrogen and oxygen atoms in total. The number of benzene rings is 1. The summed E-state index contributed by atoms with van der Waals surface area (Å²) < 4.78 is 0. The van der Waals surface area contributed by atoms with Crippen LogP contribution in [0.2, 0.25) is 5.02 Å². The highest BCUT2D eigenvalue weighted by atomic mass is 35.5. The van der Waals surface area contributed by atoms with Gasteiger partial charge in [0, 0.05) is 16.8 Å². The smallest absolute Gasteiger partial charge is 0.0406 e. The second-order valence-corrected chi connectivity index (χ2v) is 6.16. The summed E-state index contributed by atoms with van der Waals surface area (Å²) in [6, 6.07) is 8.98. The van der Waals surface area contributed by atoms with Crippen LogP contribution in [-0.2, 0) is 5.75 Å². The molecule has 1 aromatic carbocycles. The van der Waals surface area contributed by atoms with Crippen molar-refractivity contribution in [2.75, 3.05) is 12.3 Å². The molecule has 1 heterocycles. The lowest BCUT2D eigenvalue weighted by molar-refractivity contribution is 0.553. The molecule has 1 aromatic rings. The summed E-state index contributed by atoms with van der Waals surface area (Å²) in [5.74, 6) is 2.37. The van der Waals surface area contributed by atoms with E-state index in [1.807, 2.05) is 23.9 Å². The van der Waals surface area contributed by atoms with Gasteiger partial charge in [-0.3, -0.25) is 0 Å². The first-order valence-corrected chi connectivity index (χ1v) is 7.93. The number of hydrogen-bond donors (Lipinski definition) is 1. The highest BCUT2D eigenvalue weighted by Crippen LogP contribution is 2.18. The SMILES string of the molecule is Clc1ccc(CSCCCC2CCCN2)cc1. The number of rotatable bonds is 6. The molecule has 0 saturated carbocycles. The van der Waals surface area contributed by atoms with E-state index in [0.29, 0.717) is 0 Å². The van der Waals surface area contributed by atoms with Crippen LogP contribution in [0.4, 0.5) is 0 Å². The standard InChI is InChI=1S/C14H20ClNS/c15-13-7-5-12(6-8-13)11-17-10-2-4-14-3-1-9-16-14/h5-8,14,16H,1-4,9-11H2. The summed E-state index contributed by atoms with van der Waals surface area (Å²) in [7, 11) is 0. The maximum atomic E-state index is 5.85. The zero-order valence-electron chi connectivity index (χ0n) is 10.1. The van der Waals surface area contributed by atoms with Crippen LogP contribution >= 0.6 is 23.4 Å². The minimum Gasteiger partial charge on any atom is -0.314 e. The topological polar surface area (TPSA) is 12.0 Å². The fourth-order valence-corrected chi connectivity index (χ4v) is 3.27. The maximum absolute atomic E-state index is 5.85. The van der Waals surface area contributed by atoms with E-state index in [4.69, 9.17) is 11.6 Å². The molecule has 17 heavy (non-hydrogen) atoms. The molecule has 1 atom stereocenters. The van der Waals surface area contributed by atoms with Crippen LogP contribution in [0, 0.1) is 0 Å². The second-order valence-electron chi connectivity index (χ2n) is 4.61. The third-order valence-electron chi connectivity index (χ3n) is 3.19. The Balaban J connectivity index is 1.55. The van der Waals surface area contributed by atoms with E-state index in [1.54, 1.807) is 0 Å². The number of nitrogens with one attached hydrogen (secondary N) is 1. The molecule has 1 fully saturated rings. The zero-order chi connectivity index (χ0) is 11.9. The third-order valence-corrected chi connectivity index (χ3v) is 4.55. The summed E-state index contributed by atoms with van der Waals surface area (Å²) >= 11 is 7.88. The Morgan fingerprint density at radius 3 is 2.82 bits per heavy atom. The van der Waals surface area contributed by atoms with E-state index in [2.05, 4.69) is 17.4 Å². The average molecular weight is 270 g/mol. The van der Waals surface area contributed by atoms with Gasteiger partial charge in [0.1, 0.15) is 0 Å². The molecule has 1 N–H and O–H groups in total. The van der Waals surface area contributed by atoms with Gasteiger partial charge in [0.15, 0.2) is 0 Å². The molecule has 0 aromatic heterocycles. The summed E-state index contributed by atoms with van der Waals surface area (Å²) in [6.45, 7) is 1.22. The van der Waals surface area contributed by atoms with Gasteiger partial charge in [-0.2, -0.15) is 11.8 Å². The van der Waals surface area contributed by atoms with Crippen molar-refractivity contribution in [1.29, 1.82) is 0 Å². The Kier molecular flexibility index (Phi) is 5.69. The fourth-order valence-electron chi connectivity index (χ4n) is 2.21. The van der Waals surface area contributed by atoms with Crippen LogP contribution in [0.1, 0.15) is 31.2 Å². The molecule has 94 valence electrons. The quantitative estimate of drug-likeness (QED) is 0.780. The van der Waals surface area contributed by atoms with E-state index in [1.165, 1.54) is 43.5 Å². The predicted octanol–water partition coefficient (Wildman–Crippen LogP) is 4.11. The van der Waals surface area contributed by atoms with Gasteiger partial charge in [0.05, 0.1) is 0 Å². The van der Waals surface area contributed by atoms with Crippen molar-refractivity contribution in [3.05, 3.63) is 34.9 Å². The molecule has 0 radical (unpaired) electrons. The first-order valence-electron chi connectivity index (χ1n) is 6.40. The van der Waals surface area contributed by atoms with Gasteiger partial charge in [-0.05, 0) is 55.7 Å². The lowest BCUT2D eigenvalue weighted by Gasteiger charge is -2.09. The summed E-state index contributed by atoms with van der Waals surface area (Å²) in [4.78, 5) is 0. The minimum absolute atomic E-state index is 0.797. The highest BCUT2D eigenvalue weighted by molar-refractivity contribution is 7.98. The summed E-state index contributed by atoms with van der Waals surface area (Å²) in [5.41, 5.74) is 1.37. The Bertz CT molecular complexity index is 319. The number of hydrogen-bond acceptors (Lipinski definition) is 2. The molecule has 0 bridgehead atoms. The zero-order valence-corrected chi connectivity index (χ0v) is 11.7. The molecular formula is C14H20ClNS. The van der Waals surface area contributed by atoms with Crippen LogP contribution < -0.4 is 5.32 Å². The van der Waals surface area contributed by atoms with E-state index in [0.717, 1.165) is 16.8 Å². The molecule has 2 rings (SSSR count). The van der Waals surface area contributed by atoms with Crippen LogP contribution in [-0.4, -0.2) is 18.3 Å². The largest absolute Gasteiger partial charge is 0.314 e. The van der Waals surface area contributed by atoms with E-state index >= 15 is 0 Å². The van der Waals surface area contributed by atoms with Crippen molar-refractivity contribution in [3.8, 4) is 0 Å². The van der Waals surface area contributed by atoms with Gasteiger partial charge in [0.2, 0.25) is 0 Å². The van der Waals surface area contributed by atoms with Gasteiger partial charge in [0.25, 0.3) is 0 Å². The number of halogens is 1. The van der Waals surface area contributed by atoms with E-state index < -0.39 is 0 Å². The lowest BCUT2D eigenvalue weighted by atomic mass is 10.1. The number of thioether (sulfide) groups is 1. The van der Waals surface area contributed by atoms with Crippen LogP contribution in [0.3, 0.4) is 0 Å². The fraction of sp³-hybridized carbons (Fsp3) is 0.571. The van der Waals surface area contributed by atoms with Crippen molar-refractivity contribution in [2.24, 2.45) is 0 Å². The predicted molar refractivity (Wildman–Crippen MR) is 77.9 cm³/mol. The summed E-state index contributed by atoms with van der Waals surface area (Å²) in [5, 5.41) is 4.37. The molecule has 1 unspecified atom stereocenters. The van der Waals surface area contributed by atoms with Crippen LogP contribution in [0.25, 0.3) is 0 Å². The lowest BCUT2D eigenvalue weighted by Crippen LogP contribution is -2.20. The Morgan fingerprint density at radius 1 is 1.29 bits per heavy atom. The van der Waals surface area contributed by atoms with Gasteiger partial charge < -0.3 is 5.32 Å². The van der Waals surface area contributed by atoms with Gasteiger partial charge in [-0.25, -0.2) is 0 Å². The Morgan fingerprint density at radius 2 is 2.12 bits per heavy atom. The monoisotopic (exact) mass is 269 g/mol. The van der Waals surface area contributed by atoms with Crippen molar-refractivity contribution in [2.45, 2.75) is 37.5 Å². The van der Waals surface area contributed by atoms with Crippen LogP contribution in [0.5, 0.6) is 0 Å². The first kappa shape index (κ1) is 13.3.